The number of nitrogens with one attached hydrogen (secondary N) is 1. The number of amides is 1. The van der Waals surface area contributed by atoms with E-state index < -0.39 is 0 Å². The van der Waals surface area contributed by atoms with E-state index in [1.54, 1.807) is 16.2 Å². The first kappa shape index (κ1) is 23.6. The summed E-state index contributed by atoms with van der Waals surface area (Å²) in [6, 6.07) is 25.1. The van der Waals surface area contributed by atoms with E-state index in [9.17, 15) is 9.59 Å². The molecule has 1 aromatic heterocycles. The minimum atomic E-state index is -0.246. The number of nitrogens with zero attached hydrogens (tertiary/aromatic N) is 3. The van der Waals surface area contributed by atoms with Gasteiger partial charge in [-0.25, -0.2) is 4.79 Å². The maximum Gasteiger partial charge on any atom is 0.334 e. The highest BCUT2D eigenvalue weighted by atomic mass is 16.5. The third-order valence-electron chi connectivity index (χ3n) is 6.63. The minimum Gasteiger partial charge on any atom is -0.497 e. The minimum absolute atomic E-state index is 0.136. The molecular formula is C29H30N4O3. The molecule has 1 N–H and O–H groups in total. The number of para-hydroxylation sites is 1. The molecule has 0 radical (unpaired) electrons. The summed E-state index contributed by atoms with van der Waals surface area (Å²) in [5.41, 5.74) is 4.19. The van der Waals surface area contributed by atoms with Crippen LogP contribution in [0.15, 0.2) is 83.7 Å². The largest absolute Gasteiger partial charge is 0.497 e. The monoisotopic (exact) mass is 482 g/mol. The topological polar surface area (TPSA) is 68.5 Å². The SMILES string of the molecule is COc1cccc(Cn2c(C(=O)N3CCNCC3)c(-c3ccccc3)n(-c3ccccc3C)c2=O)c1. The molecule has 3 aromatic carbocycles. The van der Waals surface area contributed by atoms with Crippen molar-refractivity contribution in [3.05, 3.63) is 106 Å². The third kappa shape index (κ3) is 4.45. The average Bonchev–Trinajstić information content (AvgIpc) is 3.21. The summed E-state index contributed by atoms with van der Waals surface area (Å²) < 4.78 is 8.72. The summed E-state index contributed by atoms with van der Waals surface area (Å²) in [5.74, 6) is 0.569. The fourth-order valence-electron chi connectivity index (χ4n) is 4.78. The van der Waals surface area contributed by atoms with Crippen molar-refractivity contribution in [3.8, 4) is 22.7 Å². The molecule has 36 heavy (non-hydrogen) atoms. The lowest BCUT2D eigenvalue weighted by atomic mass is 10.1. The van der Waals surface area contributed by atoms with Crippen molar-refractivity contribution in [3.63, 3.8) is 0 Å². The van der Waals surface area contributed by atoms with E-state index in [1.165, 1.54) is 0 Å². The Bertz CT molecular complexity index is 1430. The van der Waals surface area contributed by atoms with Crippen molar-refractivity contribution >= 4 is 5.91 Å². The number of methoxy groups -OCH3 is 1. The summed E-state index contributed by atoms with van der Waals surface area (Å²) >= 11 is 0. The number of piperazine rings is 1. The smallest absolute Gasteiger partial charge is 0.334 e. The van der Waals surface area contributed by atoms with Gasteiger partial charge in [0.15, 0.2) is 0 Å². The standard InChI is InChI=1S/C29H30N4O3/c1-21-9-6-7-14-25(21)33-26(23-11-4-3-5-12-23)27(28(34)31-17-15-30-16-18-31)32(29(33)35)20-22-10-8-13-24(19-22)36-2/h3-14,19,30H,15-18,20H2,1-2H3. The molecule has 0 unspecified atom stereocenters. The van der Waals surface area contributed by atoms with Gasteiger partial charge in [-0.1, -0.05) is 60.7 Å². The molecule has 1 saturated heterocycles. The van der Waals surface area contributed by atoms with E-state index in [1.807, 2.05) is 90.7 Å². The first-order chi connectivity index (χ1) is 17.6. The zero-order valence-electron chi connectivity index (χ0n) is 20.6. The number of carbonyl (C=O) groups excluding carboxylic acids is 1. The highest BCUT2D eigenvalue weighted by molar-refractivity contribution is 5.99. The molecule has 0 aliphatic carbocycles. The van der Waals surface area contributed by atoms with Crippen LogP contribution in [0.4, 0.5) is 0 Å². The van der Waals surface area contributed by atoms with Crippen LogP contribution in [-0.4, -0.2) is 53.2 Å². The Balaban J connectivity index is 1.79. The van der Waals surface area contributed by atoms with Gasteiger partial charge in [0.25, 0.3) is 5.91 Å². The predicted molar refractivity (Wildman–Crippen MR) is 141 cm³/mol. The molecule has 7 nitrogen and oxygen atoms in total. The number of aryl methyl sites for hydroxylation is 1. The molecule has 184 valence electrons. The predicted octanol–water partition coefficient (Wildman–Crippen LogP) is 3.72. The fraction of sp³-hybridized carbons (Fsp3) is 0.241. The van der Waals surface area contributed by atoms with Gasteiger partial charge < -0.3 is 15.0 Å². The van der Waals surface area contributed by atoms with Crippen LogP contribution in [0.5, 0.6) is 5.75 Å². The van der Waals surface area contributed by atoms with Crippen LogP contribution in [0.3, 0.4) is 0 Å². The van der Waals surface area contributed by atoms with E-state index >= 15 is 0 Å². The molecule has 0 atom stereocenters. The van der Waals surface area contributed by atoms with Gasteiger partial charge in [0.1, 0.15) is 11.4 Å². The highest BCUT2D eigenvalue weighted by Crippen LogP contribution is 2.29. The van der Waals surface area contributed by atoms with Gasteiger partial charge in [-0.05, 0) is 36.2 Å². The maximum atomic E-state index is 14.2. The molecule has 2 heterocycles. The van der Waals surface area contributed by atoms with Gasteiger partial charge in [0.05, 0.1) is 25.0 Å². The first-order valence-corrected chi connectivity index (χ1v) is 12.2. The number of hydrogen-bond acceptors (Lipinski definition) is 4. The number of rotatable bonds is 6. The molecular weight excluding hydrogens is 452 g/mol. The van der Waals surface area contributed by atoms with Crippen LogP contribution in [-0.2, 0) is 6.54 Å². The second kappa shape index (κ2) is 10.3. The summed E-state index contributed by atoms with van der Waals surface area (Å²) in [7, 11) is 1.62. The Morgan fingerprint density at radius 2 is 1.67 bits per heavy atom. The average molecular weight is 483 g/mol. The van der Waals surface area contributed by atoms with Crippen molar-refractivity contribution in [2.75, 3.05) is 33.3 Å². The Hall–Kier alpha value is -4.10. The number of hydrogen-bond donors (Lipinski definition) is 1. The van der Waals surface area contributed by atoms with Crippen molar-refractivity contribution in [2.24, 2.45) is 0 Å². The zero-order valence-corrected chi connectivity index (χ0v) is 20.6. The molecule has 1 aliphatic rings. The molecule has 0 spiro atoms. The van der Waals surface area contributed by atoms with Crippen molar-refractivity contribution in [1.29, 1.82) is 0 Å². The molecule has 1 fully saturated rings. The van der Waals surface area contributed by atoms with Crippen LogP contribution in [0, 0.1) is 6.92 Å². The van der Waals surface area contributed by atoms with Crippen molar-refractivity contribution < 1.29 is 9.53 Å². The molecule has 5 rings (SSSR count). The molecule has 7 heteroatoms. The summed E-state index contributed by atoms with van der Waals surface area (Å²) in [4.78, 5) is 30.1. The normalized spacial score (nSPS) is 13.6. The van der Waals surface area contributed by atoms with E-state index in [-0.39, 0.29) is 18.1 Å². The van der Waals surface area contributed by atoms with Gasteiger partial charge in [0.2, 0.25) is 0 Å². The van der Waals surface area contributed by atoms with Crippen LogP contribution in [0.2, 0.25) is 0 Å². The maximum absolute atomic E-state index is 14.2. The van der Waals surface area contributed by atoms with Gasteiger partial charge in [-0.2, -0.15) is 0 Å². The molecule has 0 saturated carbocycles. The third-order valence-corrected chi connectivity index (χ3v) is 6.63. The lowest BCUT2D eigenvalue weighted by Gasteiger charge is -2.28. The van der Waals surface area contributed by atoms with E-state index in [0.717, 1.165) is 35.5 Å². The summed E-state index contributed by atoms with van der Waals surface area (Å²) in [6.07, 6.45) is 0. The highest BCUT2D eigenvalue weighted by Gasteiger charge is 2.31. The molecule has 1 aliphatic heterocycles. The van der Waals surface area contributed by atoms with E-state index in [0.29, 0.717) is 30.2 Å². The van der Waals surface area contributed by atoms with Crippen LogP contribution in [0.1, 0.15) is 21.6 Å². The lowest BCUT2D eigenvalue weighted by molar-refractivity contribution is 0.0726. The molecule has 1 amide bonds. The zero-order chi connectivity index (χ0) is 25.1. The second-order valence-electron chi connectivity index (χ2n) is 8.95. The Morgan fingerprint density at radius 3 is 2.39 bits per heavy atom. The Kier molecular flexibility index (Phi) is 6.73. The van der Waals surface area contributed by atoms with Gasteiger partial charge in [-0.15, -0.1) is 0 Å². The molecule has 0 bridgehead atoms. The Morgan fingerprint density at radius 1 is 0.944 bits per heavy atom. The van der Waals surface area contributed by atoms with Gasteiger partial charge in [0, 0.05) is 31.7 Å². The van der Waals surface area contributed by atoms with Crippen molar-refractivity contribution in [2.45, 2.75) is 13.5 Å². The molecule has 4 aromatic rings. The van der Waals surface area contributed by atoms with Crippen molar-refractivity contribution in [1.82, 2.24) is 19.4 Å². The van der Waals surface area contributed by atoms with Crippen LogP contribution < -0.4 is 15.7 Å². The van der Waals surface area contributed by atoms with Crippen LogP contribution in [0.25, 0.3) is 16.9 Å². The van der Waals surface area contributed by atoms with E-state index in [4.69, 9.17) is 4.74 Å². The first-order valence-electron chi connectivity index (χ1n) is 12.2. The summed E-state index contributed by atoms with van der Waals surface area (Å²) in [6.45, 7) is 4.87. The van der Waals surface area contributed by atoms with E-state index in [2.05, 4.69) is 5.32 Å². The fourth-order valence-corrected chi connectivity index (χ4v) is 4.78. The summed E-state index contributed by atoms with van der Waals surface area (Å²) in [5, 5.41) is 3.30. The van der Waals surface area contributed by atoms with Gasteiger partial charge >= 0.3 is 5.69 Å². The quantitative estimate of drug-likeness (QED) is 0.455. The van der Waals surface area contributed by atoms with Gasteiger partial charge in [-0.3, -0.25) is 13.9 Å². The number of aromatic nitrogens is 2. The van der Waals surface area contributed by atoms with Crippen LogP contribution >= 0.6 is 0 Å². The Labute approximate surface area is 210 Å². The number of ether oxygens (including phenoxy) is 1. The second-order valence-corrected chi connectivity index (χ2v) is 8.95. The number of carbonyl (C=O) groups is 1. The number of benzene rings is 3. The lowest BCUT2D eigenvalue weighted by Crippen LogP contribution is -2.47. The number of imidazole rings is 1.